The molecule has 0 fully saturated rings. The molecule has 0 amide bonds. The van der Waals surface area contributed by atoms with Crippen LogP contribution in [0.5, 0.6) is 0 Å². The number of rotatable bonds is 5. The van der Waals surface area contributed by atoms with E-state index in [1.54, 1.807) is 0 Å². The highest BCUT2D eigenvalue weighted by Crippen LogP contribution is 2.38. The van der Waals surface area contributed by atoms with Gasteiger partial charge in [0.15, 0.2) is 8.32 Å². The van der Waals surface area contributed by atoms with Crippen LogP contribution >= 0.6 is 38.5 Å². The van der Waals surface area contributed by atoms with Crippen molar-refractivity contribution in [2.75, 3.05) is 0 Å². The fourth-order valence-corrected chi connectivity index (χ4v) is 4.47. The lowest BCUT2D eigenvalue weighted by Crippen LogP contribution is -2.43. The minimum absolute atomic E-state index is 0.0515. The van der Waals surface area contributed by atoms with E-state index in [4.69, 9.17) is 4.43 Å². The Kier molecular flexibility index (Phi) is 6.93. The number of halogens is 2. The second-order valence-electron chi connectivity index (χ2n) is 7.11. The maximum atomic E-state index is 10.5. The van der Waals surface area contributed by atoms with Crippen LogP contribution in [0.15, 0.2) is 22.7 Å². The molecule has 0 saturated carbocycles. The third-order valence-corrected chi connectivity index (χ3v) is 10.3. The van der Waals surface area contributed by atoms with Gasteiger partial charge >= 0.3 is 0 Å². The second-order valence-corrected chi connectivity index (χ2v) is 13.9. The molecule has 0 radical (unpaired) electrons. The number of hydrogen-bond acceptors (Lipinski definition) is 2. The monoisotopic (exact) mass is 484 g/mol. The Hall–Kier alpha value is 0.567. The highest BCUT2D eigenvalue weighted by atomic mass is 127. The van der Waals surface area contributed by atoms with Crippen LogP contribution in [0.3, 0.4) is 0 Å². The normalized spacial score (nSPS) is 15.9. The molecule has 0 aliphatic rings. The minimum atomic E-state index is -1.78. The van der Waals surface area contributed by atoms with Crippen LogP contribution in [0, 0.1) is 3.57 Å². The van der Waals surface area contributed by atoms with Crippen molar-refractivity contribution >= 4 is 46.8 Å². The van der Waals surface area contributed by atoms with E-state index in [9.17, 15) is 5.11 Å². The summed E-state index contributed by atoms with van der Waals surface area (Å²) >= 11 is 5.73. The summed E-state index contributed by atoms with van der Waals surface area (Å²) in [5.74, 6) is 0. The van der Waals surface area contributed by atoms with Crippen molar-refractivity contribution in [3.05, 3.63) is 31.8 Å². The van der Waals surface area contributed by atoms with Crippen molar-refractivity contribution < 1.29 is 9.53 Å². The molecule has 0 saturated heterocycles. The van der Waals surface area contributed by atoms with E-state index >= 15 is 0 Å². The summed E-state index contributed by atoms with van der Waals surface area (Å²) in [6, 6.07) is 6.00. The van der Waals surface area contributed by atoms with Crippen LogP contribution in [-0.4, -0.2) is 19.5 Å². The van der Waals surface area contributed by atoms with Crippen LogP contribution < -0.4 is 0 Å². The summed E-state index contributed by atoms with van der Waals surface area (Å²) in [7, 11) is -1.78. The van der Waals surface area contributed by atoms with Gasteiger partial charge in [-0.05, 0) is 71.4 Å². The molecule has 2 unspecified atom stereocenters. The van der Waals surface area contributed by atoms with E-state index < -0.39 is 14.4 Å². The quantitative estimate of drug-likeness (QED) is 0.417. The summed E-state index contributed by atoms with van der Waals surface area (Å²) in [5.41, 5.74) is 0.968. The van der Waals surface area contributed by atoms with E-state index in [-0.39, 0.29) is 11.1 Å². The minimum Gasteiger partial charge on any atom is -0.414 e. The van der Waals surface area contributed by atoms with Gasteiger partial charge in [-0.1, -0.05) is 36.7 Å². The first-order valence-electron chi connectivity index (χ1n) is 7.25. The molecule has 0 aliphatic carbocycles. The summed E-state index contributed by atoms with van der Waals surface area (Å²) in [4.78, 5) is 0. The highest BCUT2D eigenvalue weighted by Gasteiger charge is 2.38. The molecule has 0 heterocycles. The predicted octanol–water partition coefficient (Wildman–Crippen LogP) is 5.89. The van der Waals surface area contributed by atoms with Crippen molar-refractivity contribution in [3.63, 3.8) is 0 Å². The van der Waals surface area contributed by atoms with Crippen LogP contribution in [-0.2, 0) is 4.43 Å². The van der Waals surface area contributed by atoms with Gasteiger partial charge < -0.3 is 9.53 Å². The van der Waals surface area contributed by atoms with Crippen LogP contribution in [0.25, 0.3) is 0 Å². The lowest BCUT2D eigenvalue weighted by Gasteiger charge is -2.38. The Morgan fingerprint density at radius 1 is 1.33 bits per heavy atom. The van der Waals surface area contributed by atoms with Gasteiger partial charge in [0.25, 0.3) is 0 Å². The van der Waals surface area contributed by atoms with Crippen molar-refractivity contribution in [1.29, 1.82) is 0 Å². The van der Waals surface area contributed by atoms with E-state index in [1.807, 2.05) is 18.2 Å². The number of benzene rings is 1. The fourth-order valence-electron chi connectivity index (χ4n) is 1.94. The zero-order valence-electron chi connectivity index (χ0n) is 13.7. The average Bonchev–Trinajstić information content (AvgIpc) is 2.29. The predicted molar refractivity (Wildman–Crippen MR) is 104 cm³/mol. The first-order chi connectivity index (χ1) is 9.44. The van der Waals surface area contributed by atoms with Crippen molar-refractivity contribution in [1.82, 2.24) is 0 Å². The topological polar surface area (TPSA) is 29.5 Å². The third kappa shape index (κ3) is 5.60. The van der Waals surface area contributed by atoms with Gasteiger partial charge in [0.05, 0.1) is 6.10 Å². The molecule has 0 aliphatic heterocycles. The zero-order chi connectivity index (χ0) is 16.4. The molecule has 0 bridgehead atoms. The number of aliphatic hydroxyl groups is 1. The van der Waals surface area contributed by atoms with E-state index in [1.165, 1.54) is 0 Å². The Bertz CT molecular complexity index is 486. The van der Waals surface area contributed by atoms with Gasteiger partial charge in [0.2, 0.25) is 0 Å². The van der Waals surface area contributed by atoms with E-state index in [0.29, 0.717) is 6.42 Å². The smallest absolute Gasteiger partial charge is 0.192 e. The summed E-state index contributed by atoms with van der Waals surface area (Å²) in [5, 5.41) is 10.7. The molecule has 1 rings (SSSR count). The first kappa shape index (κ1) is 19.6. The van der Waals surface area contributed by atoms with E-state index in [0.717, 1.165) is 13.6 Å². The lowest BCUT2D eigenvalue weighted by molar-refractivity contribution is 0.0952. The molecule has 2 nitrogen and oxygen atoms in total. The average molecular weight is 485 g/mol. The molecule has 1 N–H and O–H groups in total. The molecule has 2 atom stereocenters. The molecule has 0 spiro atoms. The van der Waals surface area contributed by atoms with Crippen molar-refractivity contribution in [2.24, 2.45) is 0 Å². The molecule has 5 heteroatoms. The molecule has 21 heavy (non-hydrogen) atoms. The molecule has 0 aromatic heterocycles. The van der Waals surface area contributed by atoms with Gasteiger partial charge in [-0.15, -0.1) is 0 Å². The highest BCUT2D eigenvalue weighted by molar-refractivity contribution is 14.1. The van der Waals surface area contributed by atoms with E-state index in [2.05, 4.69) is 79.3 Å². The Labute approximate surface area is 152 Å². The molecular weight excluding hydrogens is 459 g/mol. The van der Waals surface area contributed by atoms with Crippen LogP contribution in [0.2, 0.25) is 18.1 Å². The van der Waals surface area contributed by atoms with Crippen LogP contribution in [0.1, 0.15) is 45.8 Å². The lowest BCUT2D eigenvalue weighted by atomic mass is 10.0. The van der Waals surface area contributed by atoms with Gasteiger partial charge in [0, 0.05) is 20.6 Å². The Balaban J connectivity index is 2.75. The molecule has 1 aromatic carbocycles. The van der Waals surface area contributed by atoms with Gasteiger partial charge in [-0.2, -0.15) is 0 Å². The maximum absolute atomic E-state index is 10.5. The Morgan fingerprint density at radius 2 is 1.90 bits per heavy atom. The van der Waals surface area contributed by atoms with Crippen molar-refractivity contribution in [2.45, 2.75) is 64.5 Å². The third-order valence-electron chi connectivity index (χ3n) is 4.17. The first-order valence-corrected chi connectivity index (χ1v) is 12.0. The van der Waals surface area contributed by atoms with Crippen LogP contribution in [0.4, 0.5) is 0 Å². The van der Waals surface area contributed by atoms with Crippen molar-refractivity contribution in [3.8, 4) is 0 Å². The summed E-state index contributed by atoms with van der Waals surface area (Å²) in [6.45, 7) is 13.3. The number of aliphatic hydroxyl groups excluding tert-OH is 1. The summed E-state index contributed by atoms with van der Waals surface area (Å²) in [6.07, 6.45) is 0.184. The maximum Gasteiger partial charge on any atom is 0.192 e. The SMILES string of the molecule is CC(CC(O)c1cc(Br)ccc1I)O[Si](C)(C)C(C)(C)C. The van der Waals surface area contributed by atoms with Gasteiger partial charge in [-0.3, -0.25) is 0 Å². The fraction of sp³-hybridized carbons (Fsp3) is 0.625. The van der Waals surface area contributed by atoms with Gasteiger partial charge in [0.1, 0.15) is 0 Å². The number of hydrogen-bond donors (Lipinski definition) is 1. The summed E-state index contributed by atoms with van der Waals surface area (Å²) < 4.78 is 8.41. The molecule has 1 aromatic rings. The Morgan fingerprint density at radius 3 is 2.43 bits per heavy atom. The standard InChI is InChI=1S/C16H26BrIO2Si/c1-11(20-21(5,6)16(2,3)4)9-15(19)13-10-12(17)7-8-14(13)18/h7-8,10-11,15,19H,9H2,1-6H3. The molecular formula is C16H26BrIO2Si. The van der Waals surface area contributed by atoms with Gasteiger partial charge in [-0.25, -0.2) is 0 Å². The zero-order valence-corrected chi connectivity index (χ0v) is 18.4. The molecule has 120 valence electrons. The second kappa shape index (κ2) is 7.42. The largest absolute Gasteiger partial charge is 0.414 e.